The molecule has 0 radical (unpaired) electrons. The highest BCUT2D eigenvalue weighted by atomic mass is 35.5. The highest BCUT2D eigenvalue weighted by Crippen LogP contribution is 2.22. The molecule has 100 valence electrons. The van der Waals surface area contributed by atoms with E-state index in [0.717, 1.165) is 0 Å². The lowest BCUT2D eigenvalue weighted by Gasteiger charge is -2.25. The van der Waals surface area contributed by atoms with Gasteiger partial charge in [-0.2, -0.15) is 0 Å². The lowest BCUT2D eigenvalue weighted by atomic mass is 9.97. The SMILES string of the molecule is CCC(O)(CC)CNC(=O)c1c(N)cccc1Cl. The molecule has 1 aromatic carbocycles. The van der Waals surface area contributed by atoms with Gasteiger partial charge in [-0.3, -0.25) is 4.79 Å². The first-order valence-electron chi connectivity index (χ1n) is 5.98. The molecule has 0 atom stereocenters. The number of aliphatic hydroxyl groups is 1. The maximum absolute atomic E-state index is 12.0. The standard InChI is InChI=1S/C13H19ClN2O2/c1-3-13(18,4-2)8-16-12(17)11-9(14)6-5-7-10(11)15/h5-7,18H,3-4,8,15H2,1-2H3,(H,16,17). The fourth-order valence-electron chi connectivity index (χ4n) is 1.61. The monoisotopic (exact) mass is 270 g/mol. The van der Waals surface area contributed by atoms with Crippen molar-refractivity contribution in [3.63, 3.8) is 0 Å². The van der Waals surface area contributed by atoms with Crippen LogP contribution >= 0.6 is 11.6 Å². The van der Waals surface area contributed by atoms with E-state index < -0.39 is 5.60 Å². The summed E-state index contributed by atoms with van der Waals surface area (Å²) in [5, 5.41) is 13.1. The summed E-state index contributed by atoms with van der Waals surface area (Å²) in [5.41, 5.74) is 5.42. The molecular weight excluding hydrogens is 252 g/mol. The van der Waals surface area contributed by atoms with Crippen LogP contribution in [0, 0.1) is 0 Å². The average Bonchev–Trinajstić information content (AvgIpc) is 2.36. The van der Waals surface area contributed by atoms with Crippen LogP contribution in [0.1, 0.15) is 37.0 Å². The summed E-state index contributed by atoms with van der Waals surface area (Å²) in [6.07, 6.45) is 1.14. The maximum Gasteiger partial charge on any atom is 0.254 e. The quantitative estimate of drug-likeness (QED) is 0.718. The lowest BCUT2D eigenvalue weighted by Crippen LogP contribution is -2.42. The van der Waals surface area contributed by atoms with Crippen LogP contribution in [0.2, 0.25) is 5.02 Å². The van der Waals surface area contributed by atoms with E-state index in [9.17, 15) is 9.90 Å². The van der Waals surface area contributed by atoms with Gasteiger partial charge in [0.25, 0.3) is 5.91 Å². The first-order valence-corrected chi connectivity index (χ1v) is 6.36. The molecule has 0 fully saturated rings. The highest BCUT2D eigenvalue weighted by Gasteiger charge is 2.24. The zero-order valence-corrected chi connectivity index (χ0v) is 11.4. The van der Waals surface area contributed by atoms with E-state index in [-0.39, 0.29) is 18.0 Å². The minimum atomic E-state index is -0.883. The number of amides is 1. The first-order chi connectivity index (χ1) is 8.43. The fourth-order valence-corrected chi connectivity index (χ4v) is 1.88. The number of rotatable bonds is 5. The highest BCUT2D eigenvalue weighted by molar-refractivity contribution is 6.34. The third kappa shape index (κ3) is 3.37. The van der Waals surface area contributed by atoms with Gasteiger partial charge in [-0.25, -0.2) is 0 Å². The van der Waals surface area contributed by atoms with Crippen LogP contribution in [0.25, 0.3) is 0 Å². The Morgan fingerprint density at radius 2 is 2.06 bits per heavy atom. The number of anilines is 1. The van der Waals surface area contributed by atoms with Gasteiger partial charge < -0.3 is 16.2 Å². The second kappa shape index (κ2) is 6.07. The van der Waals surface area contributed by atoms with Crippen molar-refractivity contribution in [1.29, 1.82) is 0 Å². The lowest BCUT2D eigenvalue weighted by molar-refractivity contribution is 0.0314. The summed E-state index contributed by atoms with van der Waals surface area (Å²) in [6, 6.07) is 4.91. The van der Waals surface area contributed by atoms with Crippen LogP contribution in [0.15, 0.2) is 18.2 Å². The van der Waals surface area contributed by atoms with Crippen molar-refractivity contribution in [2.45, 2.75) is 32.3 Å². The number of nitrogen functional groups attached to an aromatic ring is 1. The number of halogens is 1. The first kappa shape index (κ1) is 14.8. The third-order valence-corrected chi connectivity index (χ3v) is 3.48. The molecule has 0 bridgehead atoms. The van der Waals surface area contributed by atoms with Crippen LogP contribution in [0.5, 0.6) is 0 Å². The van der Waals surface area contributed by atoms with E-state index in [1.165, 1.54) is 0 Å². The van der Waals surface area contributed by atoms with Crippen molar-refractivity contribution in [3.05, 3.63) is 28.8 Å². The zero-order valence-electron chi connectivity index (χ0n) is 10.7. The second-order valence-electron chi connectivity index (χ2n) is 4.32. The number of nitrogens with two attached hydrogens (primary N) is 1. The molecular formula is C13H19ClN2O2. The van der Waals surface area contributed by atoms with E-state index >= 15 is 0 Å². The van der Waals surface area contributed by atoms with Crippen molar-refractivity contribution in [2.75, 3.05) is 12.3 Å². The molecule has 4 nitrogen and oxygen atoms in total. The van der Waals surface area contributed by atoms with Crippen LogP contribution in [0.4, 0.5) is 5.69 Å². The normalized spacial score (nSPS) is 11.3. The Morgan fingerprint density at radius 3 is 2.56 bits per heavy atom. The molecule has 0 aliphatic rings. The second-order valence-corrected chi connectivity index (χ2v) is 4.73. The number of carbonyl (C=O) groups is 1. The molecule has 18 heavy (non-hydrogen) atoms. The largest absolute Gasteiger partial charge is 0.398 e. The zero-order chi connectivity index (χ0) is 13.8. The molecule has 4 N–H and O–H groups in total. The number of benzene rings is 1. The molecule has 0 heterocycles. The predicted molar refractivity (Wildman–Crippen MR) is 73.7 cm³/mol. The van der Waals surface area contributed by atoms with E-state index in [0.29, 0.717) is 23.6 Å². The van der Waals surface area contributed by atoms with Crippen LogP contribution in [0.3, 0.4) is 0 Å². The van der Waals surface area contributed by atoms with Crippen molar-refractivity contribution in [2.24, 2.45) is 0 Å². The summed E-state index contributed by atoms with van der Waals surface area (Å²) >= 11 is 5.94. The van der Waals surface area contributed by atoms with E-state index in [1.54, 1.807) is 18.2 Å². The Hall–Kier alpha value is -1.26. The summed E-state index contributed by atoms with van der Waals surface area (Å²) in [7, 11) is 0. The van der Waals surface area contributed by atoms with Gasteiger partial charge >= 0.3 is 0 Å². The number of carbonyl (C=O) groups excluding carboxylic acids is 1. The number of nitrogens with one attached hydrogen (secondary N) is 1. The molecule has 0 unspecified atom stereocenters. The van der Waals surface area contributed by atoms with Gasteiger partial charge in [0.05, 0.1) is 16.2 Å². The molecule has 0 saturated carbocycles. The third-order valence-electron chi connectivity index (χ3n) is 3.17. The van der Waals surface area contributed by atoms with Gasteiger partial charge in [0.15, 0.2) is 0 Å². The van der Waals surface area contributed by atoms with E-state index in [1.807, 2.05) is 13.8 Å². The number of hydrogen-bond donors (Lipinski definition) is 3. The summed E-state index contributed by atoms with van der Waals surface area (Å²) in [6.45, 7) is 3.93. The maximum atomic E-state index is 12.0. The van der Waals surface area contributed by atoms with Crippen LogP contribution < -0.4 is 11.1 Å². The van der Waals surface area contributed by atoms with Crippen molar-refractivity contribution >= 4 is 23.2 Å². The van der Waals surface area contributed by atoms with Gasteiger partial charge in [0.1, 0.15) is 0 Å². The van der Waals surface area contributed by atoms with E-state index in [2.05, 4.69) is 5.32 Å². The molecule has 1 amide bonds. The van der Waals surface area contributed by atoms with Crippen molar-refractivity contribution in [3.8, 4) is 0 Å². The van der Waals surface area contributed by atoms with Gasteiger partial charge in [-0.15, -0.1) is 0 Å². The Bertz CT molecular complexity index is 411. The average molecular weight is 271 g/mol. The van der Waals surface area contributed by atoms with Gasteiger partial charge in [-0.1, -0.05) is 31.5 Å². The molecule has 0 aliphatic heterocycles. The minimum absolute atomic E-state index is 0.184. The molecule has 0 aliphatic carbocycles. The van der Waals surface area contributed by atoms with Crippen LogP contribution in [-0.2, 0) is 0 Å². The minimum Gasteiger partial charge on any atom is -0.398 e. The van der Waals surface area contributed by atoms with Gasteiger partial charge in [0, 0.05) is 12.2 Å². The van der Waals surface area contributed by atoms with E-state index in [4.69, 9.17) is 17.3 Å². The molecule has 1 aromatic rings. The Labute approximate surface area is 112 Å². The van der Waals surface area contributed by atoms with Crippen molar-refractivity contribution < 1.29 is 9.90 Å². The summed E-state index contributed by atoms with van der Waals surface area (Å²) < 4.78 is 0. The van der Waals surface area contributed by atoms with Crippen LogP contribution in [-0.4, -0.2) is 23.2 Å². The molecule has 1 rings (SSSR count). The van der Waals surface area contributed by atoms with Gasteiger partial charge in [-0.05, 0) is 25.0 Å². The van der Waals surface area contributed by atoms with Crippen molar-refractivity contribution in [1.82, 2.24) is 5.32 Å². The smallest absolute Gasteiger partial charge is 0.254 e. The predicted octanol–water partition coefficient (Wildman–Crippen LogP) is 2.20. The molecule has 0 spiro atoms. The fraction of sp³-hybridized carbons (Fsp3) is 0.462. The summed E-state index contributed by atoms with van der Waals surface area (Å²) in [5.74, 6) is -0.363. The molecule has 5 heteroatoms. The Balaban J connectivity index is 2.78. The Kier molecular flexibility index (Phi) is 4.99. The Morgan fingerprint density at radius 1 is 1.44 bits per heavy atom. The number of hydrogen-bond acceptors (Lipinski definition) is 3. The molecule has 0 aromatic heterocycles. The molecule has 0 saturated heterocycles. The topological polar surface area (TPSA) is 75.3 Å². The van der Waals surface area contributed by atoms with Gasteiger partial charge in [0.2, 0.25) is 0 Å². The summed E-state index contributed by atoms with van der Waals surface area (Å²) in [4.78, 5) is 12.0.